The van der Waals surface area contributed by atoms with Crippen LogP contribution in [-0.2, 0) is 12.6 Å². The fourth-order valence-electron chi connectivity index (χ4n) is 2.50. The summed E-state index contributed by atoms with van der Waals surface area (Å²) < 4.78 is 7.15. The molecular formula is C12H17N5O. The van der Waals surface area contributed by atoms with Gasteiger partial charge in [0.15, 0.2) is 5.82 Å². The molecule has 0 saturated heterocycles. The van der Waals surface area contributed by atoms with Crippen molar-refractivity contribution in [2.24, 2.45) is 12.8 Å². The number of rotatable bonds is 2. The van der Waals surface area contributed by atoms with Crippen LogP contribution in [0.15, 0.2) is 17.0 Å². The molecule has 2 aromatic rings. The van der Waals surface area contributed by atoms with Crippen molar-refractivity contribution in [2.75, 3.05) is 0 Å². The normalized spacial score (nSPS) is 19.0. The lowest BCUT2D eigenvalue weighted by molar-refractivity contribution is 0.275. The maximum atomic E-state index is 6.38. The highest BCUT2D eigenvalue weighted by atomic mass is 16.5. The smallest absolute Gasteiger partial charge is 0.276 e. The summed E-state index contributed by atoms with van der Waals surface area (Å²) in [5, 5.41) is 4.06. The van der Waals surface area contributed by atoms with Crippen LogP contribution in [0.1, 0.15) is 37.9 Å². The first-order chi connectivity index (χ1) is 8.69. The van der Waals surface area contributed by atoms with Gasteiger partial charge in [0, 0.05) is 7.05 Å². The number of nitrogens with two attached hydrogens (primary N) is 1. The maximum Gasteiger partial charge on any atom is 0.276 e. The number of hydrogen-bond donors (Lipinski definition) is 1. The minimum atomic E-state index is -0.418. The first kappa shape index (κ1) is 11.4. The molecule has 3 rings (SSSR count). The van der Waals surface area contributed by atoms with Crippen molar-refractivity contribution in [1.29, 1.82) is 0 Å². The Morgan fingerprint density at radius 3 is 2.78 bits per heavy atom. The maximum absolute atomic E-state index is 6.38. The number of aryl methyl sites for hydroxylation is 1. The fraction of sp³-hybridized carbons (Fsp3) is 0.583. The Bertz CT molecular complexity index is 538. The van der Waals surface area contributed by atoms with E-state index in [0.29, 0.717) is 11.7 Å². The zero-order chi connectivity index (χ0) is 12.6. The van der Waals surface area contributed by atoms with Gasteiger partial charge in [-0.15, -0.1) is 0 Å². The molecule has 6 heteroatoms. The Morgan fingerprint density at radius 1 is 1.33 bits per heavy atom. The quantitative estimate of drug-likeness (QED) is 0.871. The molecule has 1 aliphatic rings. The van der Waals surface area contributed by atoms with Crippen molar-refractivity contribution in [3.63, 3.8) is 0 Å². The van der Waals surface area contributed by atoms with Crippen LogP contribution >= 0.6 is 0 Å². The average molecular weight is 247 g/mol. The minimum Gasteiger partial charge on any atom is -0.332 e. The van der Waals surface area contributed by atoms with Crippen molar-refractivity contribution >= 4 is 0 Å². The third-order valence-electron chi connectivity index (χ3n) is 3.65. The van der Waals surface area contributed by atoms with Gasteiger partial charge in [0.1, 0.15) is 5.69 Å². The third-order valence-corrected chi connectivity index (χ3v) is 3.65. The van der Waals surface area contributed by atoms with Crippen LogP contribution in [0.3, 0.4) is 0 Å². The monoisotopic (exact) mass is 247 g/mol. The molecule has 1 saturated carbocycles. The van der Waals surface area contributed by atoms with Crippen LogP contribution in [0.5, 0.6) is 0 Å². The standard InChI is InChI=1S/C12H17N5O/c1-17-8-14-7-9(17)10-15-11(16-18-10)12(13)5-3-2-4-6-12/h7-8H,2-6,13H2,1H3. The van der Waals surface area contributed by atoms with E-state index in [4.69, 9.17) is 10.3 Å². The van der Waals surface area contributed by atoms with Crippen LogP contribution in [0, 0.1) is 0 Å². The van der Waals surface area contributed by atoms with Crippen LogP contribution in [-0.4, -0.2) is 19.7 Å². The van der Waals surface area contributed by atoms with E-state index in [1.807, 2.05) is 11.6 Å². The highest BCUT2D eigenvalue weighted by molar-refractivity contribution is 5.45. The summed E-state index contributed by atoms with van der Waals surface area (Å²) in [6.45, 7) is 0. The Hall–Kier alpha value is -1.69. The van der Waals surface area contributed by atoms with Crippen LogP contribution < -0.4 is 5.73 Å². The van der Waals surface area contributed by atoms with E-state index in [2.05, 4.69) is 15.1 Å². The lowest BCUT2D eigenvalue weighted by Gasteiger charge is -2.29. The molecule has 1 aliphatic carbocycles. The van der Waals surface area contributed by atoms with E-state index in [0.717, 1.165) is 31.4 Å². The molecule has 0 aliphatic heterocycles. The molecule has 2 aromatic heterocycles. The van der Waals surface area contributed by atoms with Gasteiger partial charge in [0.25, 0.3) is 5.89 Å². The van der Waals surface area contributed by atoms with E-state index in [9.17, 15) is 0 Å². The minimum absolute atomic E-state index is 0.418. The predicted molar refractivity (Wildman–Crippen MR) is 65.5 cm³/mol. The zero-order valence-corrected chi connectivity index (χ0v) is 10.5. The van der Waals surface area contributed by atoms with Gasteiger partial charge in [0.2, 0.25) is 0 Å². The molecule has 2 heterocycles. The number of imidazole rings is 1. The van der Waals surface area contributed by atoms with E-state index in [1.165, 1.54) is 6.42 Å². The molecule has 0 atom stereocenters. The fourth-order valence-corrected chi connectivity index (χ4v) is 2.50. The van der Waals surface area contributed by atoms with Crippen LogP contribution in [0.4, 0.5) is 0 Å². The van der Waals surface area contributed by atoms with Gasteiger partial charge in [-0.2, -0.15) is 4.98 Å². The predicted octanol–water partition coefficient (Wildman–Crippen LogP) is 1.59. The van der Waals surface area contributed by atoms with Gasteiger partial charge < -0.3 is 14.8 Å². The van der Waals surface area contributed by atoms with Crippen molar-refractivity contribution < 1.29 is 4.52 Å². The molecule has 0 unspecified atom stereocenters. The van der Waals surface area contributed by atoms with Crippen molar-refractivity contribution in [3.05, 3.63) is 18.3 Å². The molecular weight excluding hydrogens is 230 g/mol. The van der Waals surface area contributed by atoms with Crippen LogP contribution in [0.25, 0.3) is 11.6 Å². The number of aromatic nitrogens is 4. The highest BCUT2D eigenvalue weighted by Gasteiger charge is 2.34. The van der Waals surface area contributed by atoms with Gasteiger partial charge in [0.05, 0.1) is 18.1 Å². The molecule has 6 nitrogen and oxygen atoms in total. The van der Waals surface area contributed by atoms with E-state index in [1.54, 1.807) is 12.5 Å². The topological polar surface area (TPSA) is 82.8 Å². The van der Waals surface area contributed by atoms with E-state index >= 15 is 0 Å². The lowest BCUT2D eigenvalue weighted by atomic mass is 9.82. The summed E-state index contributed by atoms with van der Waals surface area (Å²) >= 11 is 0. The number of nitrogens with zero attached hydrogens (tertiary/aromatic N) is 4. The van der Waals surface area contributed by atoms with Gasteiger partial charge in [-0.25, -0.2) is 4.98 Å². The molecule has 0 amide bonds. The summed E-state index contributed by atoms with van der Waals surface area (Å²) in [6.07, 6.45) is 8.78. The third kappa shape index (κ3) is 1.82. The van der Waals surface area contributed by atoms with Crippen molar-refractivity contribution in [1.82, 2.24) is 19.7 Å². The molecule has 2 N–H and O–H groups in total. The largest absolute Gasteiger partial charge is 0.332 e. The van der Waals surface area contributed by atoms with Crippen LogP contribution in [0.2, 0.25) is 0 Å². The molecule has 1 fully saturated rings. The van der Waals surface area contributed by atoms with Gasteiger partial charge >= 0.3 is 0 Å². The summed E-state index contributed by atoms with van der Waals surface area (Å²) in [5.74, 6) is 1.11. The first-order valence-electron chi connectivity index (χ1n) is 6.29. The zero-order valence-electron chi connectivity index (χ0n) is 10.5. The van der Waals surface area contributed by atoms with Gasteiger partial charge in [-0.1, -0.05) is 24.4 Å². The van der Waals surface area contributed by atoms with Crippen molar-refractivity contribution in [2.45, 2.75) is 37.6 Å². The number of hydrogen-bond acceptors (Lipinski definition) is 5. The second-order valence-corrected chi connectivity index (χ2v) is 5.03. The molecule has 0 spiro atoms. The average Bonchev–Trinajstić information content (AvgIpc) is 2.98. The van der Waals surface area contributed by atoms with Gasteiger partial charge in [-0.05, 0) is 12.8 Å². The van der Waals surface area contributed by atoms with E-state index < -0.39 is 5.54 Å². The molecule has 0 bridgehead atoms. The summed E-state index contributed by atoms with van der Waals surface area (Å²) in [4.78, 5) is 8.49. The second kappa shape index (κ2) is 4.20. The molecule has 96 valence electrons. The summed E-state index contributed by atoms with van der Waals surface area (Å²) in [7, 11) is 1.89. The van der Waals surface area contributed by atoms with Gasteiger partial charge in [-0.3, -0.25) is 0 Å². The Morgan fingerprint density at radius 2 is 2.11 bits per heavy atom. The van der Waals surface area contributed by atoms with Crippen molar-refractivity contribution in [3.8, 4) is 11.6 Å². The lowest BCUT2D eigenvalue weighted by Crippen LogP contribution is -2.39. The Balaban J connectivity index is 1.92. The molecule has 18 heavy (non-hydrogen) atoms. The van der Waals surface area contributed by atoms with E-state index in [-0.39, 0.29) is 0 Å². The Labute approximate surface area is 105 Å². The second-order valence-electron chi connectivity index (χ2n) is 5.03. The highest BCUT2D eigenvalue weighted by Crippen LogP contribution is 2.33. The Kier molecular flexibility index (Phi) is 2.66. The summed E-state index contributed by atoms with van der Waals surface area (Å²) in [5.41, 5.74) is 6.77. The molecule has 0 aromatic carbocycles. The summed E-state index contributed by atoms with van der Waals surface area (Å²) in [6, 6.07) is 0. The molecule has 0 radical (unpaired) electrons. The SMILES string of the molecule is Cn1cncc1-c1nc(C2(N)CCCCC2)no1. The first-order valence-corrected chi connectivity index (χ1v) is 6.29.